The summed E-state index contributed by atoms with van der Waals surface area (Å²) in [6.07, 6.45) is 2.34. The number of hydrogen-bond donors (Lipinski definition) is 1. The first-order chi connectivity index (χ1) is 6.17. The number of nitrogens with two attached hydrogens (primary N) is 1. The van der Waals surface area contributed by atoms with E-state index in [4.69, 9.17) is 10.5 Å². The second kappa shape index (κ2) is 4.94. The van der Waals surface area contributed by atoms with Crippen LogP contribution in [0.25, 0.3) is 0 Å². The smallest absolute Gasteiger partial charge is 0.0645 e. The maximum Gasteiger partial charge on any atom is 0.0645 e. The molecule has 1 saturated heterocycles. The molecule has 0 atom stereocenters. The van der Waals surface area contributed by atoms with Crippen LogP contribution < -0.4 is 5.73 Å². The third-order valence-electron chi connectivity index (χ3n) is 2.70. The van der Waals surface area contributed by atoms with Gasteiger partial charge in [-0.2, -0.15) is 0 Å². The maximum atomic E-state index is 5.47. The fourth-order valence-corrected chi connectivity index (χ4v) is 1.75. The molecule has 0 unspecified atom stereocenters. The molecule has 0 radical (unpaired) electrons. The number of morpholine rings is 1. The van der Waals surface area contributed by atoms with Crippen molar-refractivity contribution in [3.05, 3.63) is 0 Å². The minimum absolute atomic E-state index is 0.215. The SMILES string of the molecule is CC1(C)COCCN1CCCCN. The van der Waals surface area contributed by atoms with E-state index >= 15 is 0 Å². The molecule has 78 valence electrons. The van der Waals surface area contributed by atoms with Crippen molar-refractivity contribution < 1.29 is 4.74 Å². The van der Waals surface area contributed by atoms with E-state index in [1.165, 1.54) is 6.42 Å². The van der Waals surface area contributed by atoms with Crippen molar-refractivity contribution in [3.63, 3.8) is 0 Å². The van der Waals surface area contributed by atoms with E-state index in [-0.39, 0.29) is 5.54 Å². The van der Waals surface area contributed by atoms with Gasteiger partial charge in [-0.05, 0) is 39.8 Å². The van der Waals surface area contributed by atoms with Gasteiger partial charge in [0.2, 0.25) is 0 Å². The lowest BCUT2D eigenvalue weighted by molar-refractivity contribution is -0.0512. The van der Waals surface area contributed by atoms with Crippen LogP contribution in [0.3, 0.4) is 0 Å². The van der Waals surface area contributed by atoms with Gasteiger partial charge in [-0.15, -0.1) is 0 Å². The minimum Gasteiger partial charge on any atom is -0.378 e. The van der Waals surface area contributed by atoms with Crippen molar-refractivity contribution in [3.8, 4) is 0 Å². The monoisotopic (exact) mass is 186 g/mol. The molecule has 3 nitrogen and oxygen atoms in total. The largest absolute Gasteiger partial charge is 0.378 e. The summed E-state index contributed by atoms with van der Waals surface area (Å²) < 4.78 is 5.45. The van der Waals surface area contributed by atoms with Crippen LogP contribution in [0.5, 0.6) is 0 Å². The topological polar surface area (TPSA) is 38.5 Å². The summed E-state index contributed by atoms with van der Waals surface area (Å²) in [4.78, 5) is 2.51. The highest BCUT2D eigenvalue weighted by molar-refractivity contribution is 4.84. The van der Waals surface area contributed by atoms with Crippen molar-refractivity contribution in [2.75, 3.05) is 32.8 Å². The lowest BCUT2D eigenvalue weighted by Crippen LogP contribution is -2.53. The molecule has 0 aliphatic carbocycles. The summed E-state index contributed by atoms with van der Waals surface area (Å²) in [7, 11) is 0. The maximum absolute atomic E-state index is 5.47. The number of rotatable bonds is 4. The quantitative estimate of drug-likeness (QED) is 0.661. The first kappa shape index (κ1) is 11.0. The Bertz CT molecular complexity index is 148. The zero-order valence-corrected chi connectivity index (χ0v) is 8.88. The number of hydrogen-bond acceptors (Lipinski definition) is 3. The highest BCUT2D eigenvalue weighted by Gasteiger charge is 2.29. The van der Waals surface area contributed by atoms with Gasteiger partial charge in [-0.25, -0.2) is 0 Å². The van der Waals surface area contributed by atoms with E-state index in [0.29, 0.717) is 0 Å². The Morgan fingerprint density at radius 1 is 1.38 bits per heavy atom. The molecule has 0 aromatic carbocycles. The first-order valence-electron chi connectivity index (χ1n) is 5.20. The molecule has 0 saturated carbocycles. The molecule has 2 N–H and O–H groups in total. The predicted octanol–water partition coefficient (Wildman–Crippen LogP) is 0.836. The van der Waals surface area contributed by atoms with Gasteiger partial charge < -0.3 is 10.5 Å². The van der Waals surface area contributed by atoms with Crippen molar-refractivity contribution in [1.82, 2.24) is 4.90 Å². The average molecular weight is 186 g/mol. The normalized spacial score (nSPS) is 23.3. The molecule has 1 fully saturated rings. The third kappa shape index (κ3) is 3.25. The number of nitrogens with zero attached hydrogens (tertiary/aromatic N) is 1. The molecule has 1 aliphatic heterocycles. The van der Waals surface area contributed by atoms with E-state index in [1.807, 2.05) is 0 Å². The standard InChI is InChI=1S/C10H22N2O/c1-10(2)9-13-8-7-12(10)6-4-3-5-11/h3-9,11H2,1-2H3. The summed E-state index contributed by atoms with van der Waals surface area (Å²) >= 11 is 0. The number of unbranched alkanes of at least 4 members (excludes halogenated alkanes) is 1. The lowest BCUT2D eigenvalue weighted by Gasteiger charge is -2.42. The van der Waals surface area contributed by atoms with Crippen molar-refractivity contribution in [1.29, 1.82) is 0 Å². The van der Waals surface area contributed by atoms with Crippen LogP contribution in [-0.4, -0.2) is 43.3 Å². The van der Waals surface area contributed by atoms with Gasteiger partial charge in [0.25, 0.3) is 0 Å². The van der Waals surface area contributed by atoms with Gasteiger partial charge >= 0.3 is 0 Å². The molecular weight excluding hydrogens is 164 g/mol. The molecule has 1 heterocycles. The van der Waals surface area contributed by atoms with E-state index < -0.39 is 0 Å². The Kier molecular flexibility index (Phi) is 4.16. The Hall–Kier alpha value is -0.120. The van der Waals surface area contributed by atoms with Crippen molar-refractivity contribution in [2.45, 2.75) is 32.2 Å². The summed E-state index contributed by atoms with van der Waals surface area (Å²) in [5, 5.41) is 0. The molecular formula is C10H22N2O. The van der Waals surface area contributed by atoms with Gasteiger partial charge in [0.05, 0.1) is 13.2 Å². The summed E-state index contributed by atoms with van der Waals surface area (Å²) in [6, 6.07) is 0. The molecule has 1 rings (SSSR count). The molecule has 0 aromatic heterocycles. The molecule has 0 bridgehead atoms. The van der Waals surface area contributed by atoms with Gasteiger partial charge in [0.15, 0.2) is 0 Å². The lowest BCUT2D eigenvalue weighted by atomic mass is 10.0. The van der Waals surface area contributed by atoms with E-state index in [1.54, 1.807) is 0 Å². The van der Waals surface area contributed by atoms with E-state index in [9.17, 15) is 0 Å². The van der Waals surface area contributed by atoms with Crippen LogP contribution in [0, 0.1) is 0 Å². The van der Waals surface area contributed by atoms with Crippen LogP contribution >= 0.6 is 0 Å². The second-order valence-corrected chi connectivity index (χ2v) is 4.35. The van der Waals surface area contributed by atoms with Crippen LogP contribution in [0.4, 0.5) is 0 Å². The molecule has 3 heteroatoms. The first-order valence-corrected chi connectivity index (χ1v) is 5.20. The van der Waals surface area contributed by atoms with Crippen LogP contribution in [0.1, 0.15) is 26.7 Å². The zero-order chi connectivity index (χ0) is 9.73. The predicted molar refractivity (Wildman–Crippen MR) is 54.8 cm³/mol. The van der Waals surface area contributed by atoms with Gasteiger partial charge in [-0.3, -0.25) is 4.90 Å². The number of ether oxygens (including phenoxy) is 1. The highest BCUT2D eigenvalue weighted by atomic mass is 16.5. The Labute approximate surface area is 81.2 Å². The minimum atomic E-state index is 0.215. The summed E-state index contributed by atoms with van der Waals surface area (Å²) in [5.41, 5.74) is 5.68. The highest BCUT2D eigenvalue weighted by Crippen LogP contribution is 2.18. The Morgan fingerprint density at radius 3 is 2.77 bits per heavy atom. The Balaban J connectivity index is 2.29. The van der Waals surface area contributed by atoms with Crippen LogP contribution in [0.2, 0.25) is 0 Å². The molecule has 1 aliphatic rings. The van der Waals surface area contributed by atoms with E-state index in [0.717, 1.165) is 39.3 Å². The van der Waals surface area contributed by atoms with Crippen molar-refractivity contribution in [2.24, 2.45) is 5.73 Å². The second-order valence-electron chi connectivity index (χ2n) is 4.35. The summed E-state index contributed by atoms with van der Waals surface area (Å²) in [5.74, 6) is 0. The fraction of sp³-hybridized carbons (Fsp3) is 1.00. The molecule has 0 spiro atoms. The van der Waals surface area contributed by atoms with Crippen LogP contribution in [0.15, 0.2) is 0 Å². The van der Waals surface area contributed by atoms with Gasteiger partial charge in [0, 0.05) is 12.1 Å². The van der Waals surface area contributed by atoms with Gasteiger partial charge in [0.1, 0.15) is 0 Å². The molecule has 13 heavy (non-hydrogen) atoms. The Morgan fingerprint density at radius 2 is 2.15 bits per heavy atom. The van der Waals surface area contributed by atoms with Gasteiger partial charge in [-0.1, -0.05) is 0 Å². The van der Waals surface area contributed by atoms with E-state index in [2.05, 4.69) is 18.7 Å². The summed E-state index contributed by atoms with van der Waals surface area (Å²) in [6.45, 7) is 9.26. The molecule has 0 aromatic rings. The van der Waals surface area contributed by atoms with Crippen molar-refractivity contribution >= 4 is 0 Å². The van der Waals surface area contributed by atoms with Crippen LogP contribution in [-0.2, 0) is 4.74 Å². The fourth-order valence-electron chi connectivity index (χ4n) is 1.75. The zero-order valence-electron chi connectivity index (χ0n) is 8.88. The third-order valence-corrected chi connectivity index (χ3v) is 2.70. The average Bonchev–Trinajstić information content (AvgIpc) is 2.08. The molecule has 0 amide bonds.